The van der Waals surface area contributed by atoms with Crippen molar-refractivity contribution in [3.05, 3.63) is 70.3 Å². The average Bonchev–Trinajstić information content (AvgIpc) is 2.90. The summed E-state index contributed by atoms with van der Waals surface area (Å²) in [5.41, 5.74) is 10.2. The number of hydrogen-bond acceptors (Lipinski definition) is 1. The molecule has 0 saturated heterocycles. The summed E-state index contributed by atoms with van der Waals surface area (Å²) in [5, 5.41) is 0. The molecule has 0 saturated carbocycles. The SMILES string of the molecule is NC(Cc1ccc2c(c1)CCC2)Cc1c(F)cccc1F. The van der Waals surface area contributed by atoms with Crippen molar-refractivity contribution >= 4 is 0 Å². The van der Waals surface area contributed by atoms with Crippen LogP contribution >= 0.6 is 0 Å². The van der Waals surface area contributed by atoms with E-state index in [1.54, 1.807) is 0 Å². The fourth-order valence-electron chi connectivity index (χ4n) is 3.12. The zero-order valence-corrected chi connectivity index (χ0v) is 11.9. The molecule has 0 fully saturated rings. The van der Waals surface area contributed by atoms with Crippen LogP contribution in [0.4, 0.5) is 8.78 Å². The molecule has 0 bridgehead atoms. The molecule has 0 spiro atoms. The molecular weight excluding hydrogens is 268 g/mol. The Bertz CT molecular complexity index is 631. The molecule has 2 aromatic carbocycles. The van der Waals surface area contributed by atoms with Crippen molar-refractivity contribution in [3.63, 3.8) is 0 Å². The van der Waals surface area contributed by atoms with Crippen molar-refractivity contribution in [1.29, 1.82) is 0 Å². The van der Waals surface area contributed by atoms with Crippen molar-refractivity contribution < 1.29 is 8.78 Å². The first-order valence-electron chi connectivity index (χ1n) is 7.42. The Hall–Kier alpha value is -1.74. The van der Waals surface area contributed by atoms with Gasteiger partial charge >= 0.3 is 0 Å². The summed E-state index contributed by atoms with van der Waals surface area (Å²) in [6.07, 6.45) is 4.35. The topological polar surface area (TPSA) is 26.0 Å². The van der Waals surface area contributed by atoms with E-state index in [2.05, 4.69) is 18.2 Å². The number of fused-ring (bicyclic) bond motifs is 1. The summed E-state index contributed by atoms with van der Waals surface area (Å²) >= 11 is 0. The van der Waals surface area contributed by atoms with Crippen molar-refractivity contribution in [1.82, 2.24) is 0 Å². The van der Waals surface area contributed by atoms with E-state index in [0.29, 0.717) is 6.42 Å². The molecule has 0 radical (unpaired) electrons. The number of nitrogens with two attached hydrogens (primary N) is 1. The molecule has 3 heteroatoms. The molecule has 2 aromatic rings. The largest absolute Gasteiger partial charge is 0.327 e. The second kappa shape index (κ2) is 5.94. The Kier molecular flexibility index (Phi) is 4.02. The van der Waals surface area contributed by atoms with E-state index in [4.69, 9.17) is 5.73 Å². The Balaban J connectivity index is 1.70. The van der Waals surface area contributed by atoms with Gasteiger partial charge in [-0.25, -0.2) is 8.78 Å². The zero-order valence-electron chi connectivity index (χ0n) is 11.9. The van der Waals surface area contributed by atoms with Gasteiger partial charge in [0.25, 0.3) is 0 Å². The molecule has 110 valence electrons. The highest BCUT2D eigenvalue weighted by atomic mass is 19.1. The smallest absolute Gasteiger partial charge is 0.129 e. The van der Waals surface area contributed by atoms with E-state index in [-0.39, 0.29) is 18.0 Å². The fourth-order valence-corrected chi connectivity index (χ4v) is 3.12. The molecule has 0 amide bonds. The molecule has 0 heterocycles. The standard InChI is InChI=1S/C18H19F2N/c19-17-5-2-6-18(20)16(17)11-15(21)10-12-7-8-13-3-1-4-14(13)9-12/h2,5-9,15H,1,3-4,10-11,21H2. The van der Waals surface area contributed by atoms with Gasteiger partial charge in [-0.05, 0) is 60.9 Å². The van der Waals surface area contributed by atoms with Crippen LogP contribution in [0.2, 0.25) is 0 Å². The summed E-state index contributed by atoms with van der Waals surface area (Å²) in [7, 11) is 0. The third-order valence-electron chi connectivity index (χ3n) is 4.19. The average molecular weight is 287 g/mol. The Morgan fingerprint density at radius 2 is 1.67 bits per heavy atom. The summed E-state index contributed by atoms with van der Waals surface area (Å²) in [4.78, 5) is 0. The minimum absolute atomic E-state index is 0.0890. The maximum atomic E-state index is 13.6. The van der Waals surface area contributed by atoms with Crippen molar-refractivity contribution in [2.75, 3.05) is 0 Å². The van der Waals surface area contributed by atoms with Crippen LogP contribution in [-0.2, 0) is 25.7 Å². The van der Waals surface area contributed by atoms with Crippen LogP contribution in [-0.4, -0.2) is 6.04 Å². The van der Waals surface area contributed by atoms with Gasteiger partial charge in [0.2, 0.25) is 0 Å². The summed E-state index contributed by atoms with van der Waals surface area (Å²) in [6, 6.07) is 10.1. The van der Waals surface area contributed by atoms with Gasteiger partial charge in [-0.15, -0.1) is 0 Å². The van der Waals surface area contributed by atoms with Crippen molar-refractivity contribution in [2.24, 2.45) is 5.73 Å². The van der Waals surface area contributed by atoms with E-state index in [1.807, 2.05) is 0 Å². The van der Waals surface area contributed by atoms with Gasteiger partial charge in [-0.2, -0.15) is 0 Å². The van der Waals surface area contributed by atoms with Gasteiger partial charge in [-0.1, -0.05) is 24.3 Å². The van der Waals surface area contributed by atoms with Gasteiger partial charge < -0.3 is 5.73 Å². The molecule has 0 aliphatic heterocycles. The quantitative estimate of drug-likeness (QED) is 0.914. The van der Waals surface area contributed by atoms with Crippen LogP contribution in [0.25, 0.3) is 0 Å². The number of hydrogen-bond donors (Lipinski definition) is 1. The van der Waals surface area contributed by atoms with E-state index >= 15 is 0 Å². The molecule has 1 aliphatic rings. The molecular formula is C18H19F2N. The second-order valence-electron chi connectivity index (χ2n) is 5.83. The monoisotopic (exact) mass is 287 g/mol. The van der Waals surface area contributed by atoms with E-state index in [1.165, 1.54) is 35.7 Å². The molecule has 1 nitrogen and oxygen atoms in total. The van der Waals surface area contributed by atoms with Gasteiger partial charge in [0, 0.05) is 11.6 Å². The molecule has 21 heavy (non-hydrogen) atoms. The first kappa shape index (κ1) is 14.2. The lowest BCUT2D eigenvalue weighted by Crippen LogP contribution is -2.26. The lowest BCUT2D eigenvalue weighted by atomic mass is 9.97. The van der Waals surface area contributed by atoms with Crippen molar-refractivity contribution in [2.45, 2.75) is 38.1 Å². The van der Waals surface area contributed by atoms with Gasteiger partial charge in [0.05, 0.1) is 0 Å². The van der Waals surface area contributed by atoms with Gasteiger partial charge in [0.1, 0.15) is 11.6 Å². The maximum Gasteiger partial charge on any atom is 0.129 e. The second-order valence-corrected chi connectivity index (χ2v) is 5.83. The minimum atomic E-state index is -0.514. The van der Waals surface area contributed by atoms with Crippen LogP contribution in [0, 0.1) is 11.6 Å². The maximum absolute atomic E-state index is 13.6. The summed E-state index contributed by atoms with van der Waals surface area (Å²) < 4.78 is 27.3. The zero-order chi connectivity index (χ0) is 14.8. The third kappa shape index (κ3) is 3.13. The van der Waals surface area contributed by atoms with Crippen LogP contribution in [0.5, 0.6) is 0 Å². The fraction of sp³-hybridized carbons (Fsp3) is 0.333. The van der Waals surface area contributed by atoms with Crippen LogP contribution in [0.3, 0.4) is 0 Å². The number of rotatable bonds is 4. The molecule has 1 unspecified atom stereocenters. The van der Waals surface area contributed by atoms with Gasteiger partial charge in [0.15, 0.2) is 0 Å². The minimum Gasteiger partial charge on any atom is -0.327 e. The first-order valence-corrected chi connectivity index (χ1v) is 7.42. The highest BCUT2D eigenvalue weighted by Crippen LogP contribution is 2.23. The predicted octanol–water partition coefficient (Wildman–Crippen LogP) is 3.57. The Morgan fingerprint density at radius 3 is 2.43 bits per heavy atom. The highest BCUT2D eigenvalue weighted by molar-refractivity contribution is 5.35. The first-order chi connectivity index (χ1) is 10.1. The van der Waals surface area contributed by atoms with Crippen LogP contribution < -0.4 is 5.73 Å². The lowest BCUT2D eigenvalue weighted by molar-refractivity contribution is 0.533. The molecule has 1 aliphatic carbocycles. The third-order valence-corrected chi connectivity index (χ3v) is 4.19. The van der Waals surface area contributed by atoms with E-state index in [0.717, 1.165) is 18.4 Å². The van der Waals surface area contributed by atoms with Crippen LogP contribution in [0.15, 0.2) is 36.4 Å². The van der Waals surface area contributed by atoms with Crippen molar-refractivity contribution in [3.8, 4) is 0 Å². The summed E-state index contributed by atoms with van der Waals surface area (Å²) in [6.45, 7) is 0. The number of halogens is 2. The Morgan fingerprint density at radius 1 is 0.952 bits per heavy atom. The van der Waals surface area contributed by atoms with E-state index < -0.39 is 11.6 Å². The lowest BCUT2D eigenvalue weighted by Gasteiger charge is -2.14. The number of aryl methyl sites for hydroxylation is 2. The molecule has 3 rings (SSSR count). The number of benzene rings is 2. The molecule has 1 atom stereocenters. The highest BCUT2D eigenvalue weighted by Gasteiger charge is 2.15. The molecule has 2 N–H and O–H groups in total. The predicted molar refractivity (Wildman–Crippen MR) is 80.2 cm³/mol. The normalized spacial score (nSPS) is 15.0. The van der Waals surface area contributed by atoms with Crippen LogP contribution in [0.1, 0.15) is 28.7 Å². The Labute approximate surface area is 123 Å². The molecule has 0 aromatic heterocycles. The van der Waals surface area contributed by atoms with Gasteiger partial charge in [-0.3, -0.25) is 0 Å². The summed E-state index contributed by atoms with van der Waals surface area (Å²) in [5.74, 6) is -1.03. The van der Waals surface area contributed by atoms with E-state index in [9.17, 15) is 8.78 Å².